The van der Waals surface area contributed by atoms with Crippen molar-refractivity contribution in [3.05, 3.63) is 40.6 Å². The number of aliphatic hydroxyl groups is 1. The van der Waals surface area contributed by atoms with Gasteiger partial charge in [0.15, 0.2) is 0 Å². The van der Waals surface area contributed by atoms with Crippen LogP contribution in [-0.4, -0.2) is 50.3 Å². The number of nitrogens with zero attached hydrogens (tertiary/aromatic N) is 3. The highest BCUT2D eigenvalue weighted by Gasteiger charge is 2.38. The topological polar surface area (TPSA) is 78.4 Å². The van der Waals surface area contributed by atoms with E-state index in [9.17, 15) is 9.32 Å². The molecule has 0 spiro atoms. The van der Waals surface area contributed by atoms with Crippen LogP contribution in [0.4, 0.5) is 11.8 Å². The molecule has 1 saturated heterocycles. The third-order valence-electron chi connectivity index (χ3n) is 8.04. The van der Waals surface area contributed by atoms with E-state index in [1.807, 2.05) is 0 Å². The molecule has 1 aromatic carbocycles. The smallest absolute Gasteiger partial charge is 0.227 e. The molecule has 1 atom stereocenters. The highest BCUT2D eigenvalue weighted by Crippen LogP contribution is 2.39. The Labute approximate surface area is 192 Å². The van der Waals surface area contributed by atoms with Crippen molar-refractivity contribution in [2.45, 2.75) is 74.1 Å². The lowest BCUT2D eigenvalue weighted by atomic mass is 9.77. The number of hydrogen-bond acceptors (Lipinski definition) is 6. The molecule has 32 heavy (non-hydrogen) atoms. The van der Waals surface area contributed by atoms with Crippen LogP contribution in [0.25, 0.3) is 0 Å². The maximum Gasteiger partial charge on any atom is 0.227 e. The number of aromatic nitrogens is 2. The fraction of sp³-hybridized carbons (Fsp3) is 0.600. The zero-order valence-corrected chi connectivity index (χ0v) is 19.4. The standard InChI is InChI=1S/C25H32N4O2S/c30-16-25(10-2-11-25)28-23-22-21(3-1-14-32(22)31)26-24(27-23)29-12-8-18(9-13-29)20-7-5-17-4-6-19(17)15-20/h5,7,15,18,30H,1-4,6,8-14,16H2,(H,26,27,28)/t32-/m0/s1. The molecule has 2 fully saturated rings. The van der Waals surface area contributed by atoms with Gasteiger partial charge in [-0.05, 0) is 80.4 Å². The normalized spacial score (nSPS) is 24.2. The molecule has 2 N–H and O–H groups in total. The Morgan fingerprint density at radius 3 is 2.56 bits per heavy atom. The Morgan fingerprint density at radius 2 is 1.91 bits per heavy atom. The van der Waals surface area contributed by atoms with Gasteiger partial charge < -0.3 is 15.3 Å². The second-order valence-corrected chi connectivity index (χ2v) is 11.5. The lowest BCUT2D eigenvalue weighted by molar-refractivity contribution is 0.143. The third-order valence-corrected chi connectivity index (χ3v) is 9.58. The number of aryl methyl sites for hydroxylation is 3. The maximum absolute atomic E-state index is 12.8. The minimum absolute atomic E-state index is 0.0833. The van der Waals surface area contributed by atoms with Crippen molar-refractivity contribution >= 4 is 22.6 Å². The summed E-state index contributed by atoms with van der Waals surface area (Å²) in [4.78, 5) is 12.9. The van der Waals surface area contributed by atoms with Gasteiger partial charge in [-0.25, -0.2) is 4.98 Å². The number of nitrogens with one attached hydrogen (secondary N) is 1. The Kier molecular flexibility index (Phi) is 5.22. The summed E-state index contributed by atoms with van der Waals surface area (Å²) in [5.41, 5.74) is 5.17. The number of fused-ring (bicyclic) bond motifs is 2. The Hall–Kier alpha value is -1.99. The van der Waals surface area contributed by atoms with Crippen molar-refractivity contribution in [1.29, 1.82) is 0 Å². The van der Waals surface area contributed by atoms with Crippen LogP contribution in [0.1, 0.15) is 66.8 Å². The van der Waals surface area contributed by atoms with Crippen molar-refractivity contribution in [2.75, 3.05) is 35.7 Å². The first kappa shape index (κ1) is 20.6. The first-order valence-corrected chi connectivity index (χ1v) is 13.5. The fourth-order valence-corrected chi connectivity index (χ4v) is 6.98. The van der Waals surface area contributed by atoms with Gasteiger partial charge in [0.1, 0.15) is 10.7 Å². The number of piperidine rings is 1. The van der Waals surface area contributed by atoms with E-state index in [2.05, 4.69) is 28.4 Å². The maximum atomic E-state index is 12.8. The molecule has 0 amide bonds. The van der Waals surface area contributed by atoms with Crippen molar-refractivity contribution in [3.63, 3.8) is 0 Å². The van der Waals surface area contributed by atoms with Gasteiger partial charge in [-0.15, -0.1) is 0 Å². The van der Waals surface area contributed by atoms with Gasteiger partial charge in [0.25, 0.3) is 0 Å². The Balaban J connectivity index is 1.24. The first-order valence-electron chi connectivity index (χ1n) is 12.2. The molecule has 3 heterocycles. The molecule has 0 unspecified atom stereocenters. The summed E-state index contributed by atoms with van der Waals surface area (Å²) < 4.78 is 12.8. The lowest BCUT2D eigenvalue weighted by Crippen LogP contribution is -2.49. The molecule has 4 aliphatic rings. The van der Waals surface area contributed by atoms with E-state index < -0.39 is 10.8 Å². The van der Waals surface area contributed by atoms with Crippen LogP contribution in [0.5, 0.6) is 0 Å². The predicted molar refractivity (Wildman–Crippen MR) is 127 cm³/mol. The van der Waals surface area contributed by atoms with Gasteiger partial charge >= 0.3 is 0 Å². The summed E-state index contributed by atoms with van der Waals surface area (Å²) in [6.45, 7) is 1.96. The number of rotatable bonds is 5. The first-order chi connectivity index (χ1) is 15.6. The van der Waals surface area contributed by atoms with Crippen molar-refractivity contribution in [3.8, 4) is 0 Å². The summed E-state index contributed by atoms with van der Waals surface area (Å²) in [6, 6.07) is 7.08. The molecular weight excluding hydrogens is 420 g/mol. The van der Waals surface area contributed by atoms with E-state index >= 15 is 0 Å². The Bertz CT molecular complexity index is 1050. The number of aliphatic hydroxyl groups excluding tert-OH is 1. The van der Waals surface area contributed by atoms with Crippen LogP contribution in [0.2, 0.25) is 0 Å². The molecular formula is C25H32N4O2S. The molecule has 1 saturated carbocycles. The van der Waals surface area contributed by atoms with Gasteiger partial charge in [0, 0.05) is 18.8 Å². The van der Waals surface area contributed by atoms with Crippen LogP contribution in [0.3, 0.4) is 0 Å². The SMILES string of the molecule is O=[S@]1CCCc2nc(N3CCC(c4ccc5c(c4)CC5)CC3)nc(NC3(CO)CCC3)c21. The average Bonchev–Trinajstić information content (AvgIpc) is 2.77. The second-order valence-electron chi connectivity index (χ2n) is 10.0. The lowest BCUT2D eigenvalue weighted by Gasteiger charge is -2.42. The van der Waals surface area contributed by atoms with E-state index in [0.717, 1.165) is 74.6 Å². The van der Waals surface area contributed by atoms with Crippen molar-refractivity contribution < 1.29 is 9.32 Å². The molecule has 2 aromatic rings. The van der Waals surface area contributed by atoms with Gasteiger partial charge in [0.05, 0.1) is 28.6 Å². The van der Waals surface area contributed by atoms with Crippen LogP contribution < -0.4 is 10.2 Å². The van der Waals surface area contributed by atoms with Crippen LogP contribution >= 0.6 is 0 Å². The van der Waals surface area contributed by atoms with Crippen LogP contribution in [-0.2, 0) is 30.1 Å². The molecule has 0 bridgehead atoms. The molecule has 6 rings (SSSR count). The van der Waals surface area contributed by atoms with Crippen LogP contribution in [0.15, 0.2) is 23.1 Å². The van der Waals surface area contributed by atoms with Gasteiger partial charge in [-0.2, -0.15) is 4.98 Å². The molecule has 6 nitrogen and oxygen atoms in total. The number of benzene rings is 1. The zero-order valence-electron chi connectivity index (χ0n) is 18.6. The minimum atomic E-state index is -1.07. The summed E-state index contributed by atoms with van der Waals surface area (Å²) in [5, 5.41) is 13.5. The Morgan fingerprint density at radius 1 is 1.09 bits per heavy atom. The average molecular weight is 453 g/mol. The minimum Gasteiger partial charge on any atom is -0.394 e. The van der Waals surface area contributed by atoms with E-state index in [0.29, 0.717) is 17.5 Å². The quantitative estimate of drug-likeness (QED) is 0.725. The molecule has 1 aromatic heterocycles. The van der Waals surface area contributed by atoms with Crippen molar-refractivity contribution in [1.82, 2.24) is 9.97 Å². The molecule has 7 heteroatoms. The van der Waals surface area contributed by atoms with Gasteiger partial charge in [-0.1, -0.05) is 18.2 Å². The fourth-order valence-electron chi connectivity index (χ4n) is 5.65. The molecule has 0 radical (unpaired) electrons. The van der Waals surface area contributed by atoms with Gasteiger partial charge in [0.2, 0.25) is 5.95 Å². The highest BCUT2D eigenvalue weighted by molar-refractivity contribution is 7.85. The number of anilines is 2. The summed E-state index contributed by atoms with van der Waals surface area (Å²) in [6.07, 6.45) is 9.40. The second kappa shape index (κ2) is 8.10. The molecule has 170 valence electrons. The molecule has 2 aliphatic carbocycles. The summed E-state index contributed by atoms with van der Waals surface area (Å²) in [5.74, 6) is 2.73. The van der Waals surface area contributed by atoms with E-state index in [1.54, 1.807) is 5.56 Å². The highest BCUT2D eigenvalue weighted by atomic mass is 32.2. The largest absolute Gasteiger partial charge is 0.394 e. The zero-order chi connectivity index (χ0) is 21.7. The third kappa shape index (κ3) is 3.54. The van der Waals surface area contributed by atoms with E-state index in [4.69, 9.17) is 9.97 Å². The monoisotopic (exact) mass is 452 g/mol. The van der Waals surface area contributed by atoms with E-state index in [1.165, 1.54) is 24.0 Å². The van der Waals surface area contributed by atoms with Gasteiger partial charge in [-0.3, -0.25) is 4.21 Å². The van der Waals surface area contributed by atoms with Crippen LogP contribution in [0, 0.1) is 0 Å². The van der Waals surface area contributed by atoms with E-state index in [-0.39, 0.29) is 12.1 Å². The number of hydrogen-bond donors (Lipinski definition) is 2. The summed E-state index contributed by atoms with van der Waals surface area (Å²) >= 11 is 0. The summed E-state index contributed by atoms with van der Waals surface area (Å²) in [7, 11) is -1.07. The van der Waals surface area contributed by atoms with Crippen molar-refractivity contribution in [2.24, 2.45) is 0 Å². The predicted octanol–water partition coefficient (Wildman–Crippen LogP) is 3.34. The molecule has 2 aliphatic heterocycles.